The summed E-state index contributed by atoms with van der Waals surface area (Å²) in [5.41, 5.74) is 23.4. The van der Waals surface area contributed by atoms with Crippen LogP contribution in [-0.2, 0) is 64.1 Å². The summed E-state index contributed by atoms with van der Waals surface area (Å²) in [5.74, 6) is 6.36. The Morgan fingerprint density at radius 3 is 1.25 bits per heavy atom. The van der Waals surface area contributed by atoms with Gasteiger partial charge >= 0.3 is 0 Å². The molecule has 6 aliphatic rings. The predicted octanol–water partition coefficient (Wildman–Crippen LogP) is 15.1. The first-order valence-electron chi connectivity index (χ1n) is 44.7. The van der Waals surface area contributed by atoms with Crippen LogP contribution in [0.3, 0.4) is 0 Å². The number of nitrogen functional groups attached to an aromatic ring is 1. The van der Waals surface area contributed by atoms with Crippen LogP contribution < -0.4 is 50.6 Å². The number of aliphatic imine (C=N–C) groups is 1. The number of rotatable bonds is 24. The molecule has 41 nitrogen and oxygen atoms in total. The molecule has 2 unspecified atom stereocenters. The second-order valence-corrected chi connectivity index (χ2v) is 33.7. The minimum Gasteiger partial charge on any atom is -0.494 e. The number of imidazole rings is 2. The predicted molar refractivity (Wildman–Crippen MR) is 515 cm³/mol. The van der Waals surface area contributed by atoms with Gasteiger partial charge in [-0.2, -0.15) is 14.4 Å². The van der Waals surface area contributed by atoms with E-state index in [1.54, 1.807) is 75.9 Å². The smallest absolute Gasteiger partial charge is 0.294 e. The molecule has 5 atom stereocenters. The average Bonchev–Trinajstić information content (AvgIpc) is 1.61. The van der Waals surface area contributed by atoms with Crippen molar-refractivity contribution >= 4 is 120 Å². The Balaban J connectivity index is 0.000000132. The van der Waals surface area contributed by atoms with Crippen LogP contribution >= 0.6 is 11.6 Å². The Morgan fingerprint density at radius 2 is 0.853 bits per heavy atom. The van der Waals surface area contributed by atoms with Crippen molar-refractivity contribution in [2.75, 3.05) is 132 Å². The average molecular weight is 1860 g/mol. The maximum Gasteiger partial charge on any atom is 0.294 e. The molecule has 0 aliphatic carbocycles. The van der Waals surface area contributed by atoms with Crippen LogP contribution in [0.4, 0.5) is 80.1 Å². The van der Waals surface area contributed by atoms with Gasteiger partial charge in [0.2, 0.25) is 23.3 Å². The first kappa shape index (κ1) is 92.8. The van der Waals surface area contributed by atoms with Crippen molar-refractivity contribution in [1.82, 2.24) is 110 Å². The van der Waals surface area contributed by atoms with Crippen molar-refractivity contribution in [1.29, 1.82) is 0 Å². The van der Waals surface area contributed by atoms with E-state index < -0.39 is 0 Å². The van der Waals surface area contributed by atoms with E-state index in [-0.39, 0.29) is 30.8 Å². The number of nitrogens with one attached hydrogen (secondary N) is 3. The molecule has 0 amide bonds. The quantitative estimate of drug-likeness (QED) is 0.0322. The first-order valence-corrected chi connectivity index (χ1v) is 45.1. The normalized spacial score (nSPS) is 17.2. The van der Waals surface area contributed by atoms with Gasteiger partial charge in [0.15, 0.2) is 28.5 Å². The van der Waals surface area contributed by atoms with Crippen LogP contribution in [0.5, 0.6) is 17.2 Å². The van der Waals surface area contributed by atoms with E-state index in [1.165, 1.54) is 14.4 Å². The first-order chi connectivity index (χ1) is 66.2. The summed E-state index contributed by atoms with van der Waals surface area (Å²) in [5, 5.41) is 48.2. The van der Waals surface area contributed by atoms with Gasteiger partial charge in [0.25, 0.3) is 17.5 Å². The van der Waals surface area contributed by atoms with E-state index in [4.69, 9.17) is 110 Å². The van der Waals surface area contributed by atoms with E-state index in [1.807, 2.05) is 122 Å². The molecule has 20 rings (SSSR count). The molecule has 5 N–H and O–H groups in total. The molecule has 42 heteroatoms. The van der Waals surface area contributed by atoms with Crippen LogP contribution in [0, 0.1) is 33.6 Å². The molecular formula is C94H104ClN33O8. The van der Waals surface area contributed by atoms with Crippen LogP contribution in [0.1, 0.15) is 117 Å². The molecule has 0 spiro atoms. The van der Waals surface area contributed by atoms with Gasteiger partial charge in [-0.15, -0.1) is 45.5 Å². The lowest BCUT2D eigenvalue weighted by Gasteiger charge is -2.25. The van der Waals surface area contributed by atoms with Crippen LogP contribution in [0.2, 0.25) is 5.15 Å². The number of methoxy groups -OCH3 is 6. The Morgan fingerprint density at radius 1 is 0.449 bits per heavy atom. The maximum atomic E-state index is 7.88. The summed E-state index contributed by atoms with van der Waals surface area (Å²) in [6.45, 7) is 35.0. The van der Waals surface area contributed by atoms with Gasteiger partial charge < -0.3 is 88.8 Å². The Kier molecular flexibility index (Phi) is 28.4. The van der Waals surface area contributed by atoms with Crippen molar-refractivity contribution in [2.24, 2.45) is 26.1 Å². The van der Waals surface area contributed by atoms with Crippen molar-refractivity contribution < 1.29 is 37.9 Å². The van der Waals surface area contributed by atoms with Gasteiger partial charge in [0.1, 0.15) is 57.4 Å². The zero-order chi connectivity index (χ0) is 94.8. The fourth-order valence-corrected chi connectivity index (χ4v) is 18.0. The summed E-state index contributed by atoms with van der Waals surface area (Å²) >= 11 is 6.42. The van der Waals surface area contributed by atoms with Crippen molar-refractivity contribution in [3.8, 4) is 51.4 Å². The number of hydrogen-bond donors (Lipinski definition) is 4. The van der Waals surface area contributed by atoms with Crippen molar-refractivity contribution in [3.05, 3.63) is 189 Å². The Bertz CT molecular complexity index is 6880. The van der Waals surface area contributed by atoms with E-state index in [0.29, 0.717) is 106 Å². The number of nitrogens with zero attached hydrogens (tertiary/aromatic N) is 29. The third kappa shape index (κ3) is 20.2. The second-order valence-electron chi connectivity index (χ2n) is 33.4. The van der Waals surface area contributed by atoms with Gasteiger partial charge in [-0.25, -0.2) is 19.9 Å². The Hall–Kier alpha value is -15.1. The van der Waals surface area contributed by atoms with Gasteiger partial charge in [-0.05, 0) is 173 Å². The number of hydrogen-bond acceptors (Lipinski definition) is 33. The SMILES string of the molecule is COc1c(Nc2cc(Cl)nc3c2nc(C)n3C2CCCCO2)cccc1-c1nnn(C)n1.[C-]#[N+]c1nc(Cc2cc(Nc3cccc(-c4nnn(C)n4)c3OC)c3c(n2)CC(C)=N3)ccc1N1CC[C@H](OC)C1.[C-]#[N+]c1nc(Cc2cc(Nc3cccc(-c4nnn(C)n4)c3OC)c3nc(C)n(C4CCCCO4)c3n2)ccc1N1CC[C@H](OC)C1.[C-]#[N+]c1nc(N)ccc1N1CC[C@H](OC)C1. The molecule has 17 heterocycles. The van der Waals surface area contributed by atoms with Gasteiger partial charge in [0, 0.05) is 98.1 Å². The number of tetrazole rings is 3. The largest absolute Gasteiger partial charge is 0.494 e. The molecule has 5 saturated heterocycles. The highest BCUT2D eigenvalue weighted by molar-refractivity contribution is 6.30. The molecule has 0 saturated carbocycles. The number of anilines is 10. The summed E-state index contributed by atoms with van der Waals surface area (Å²) in [6, 6.07) is 34.5. The highest BCUT2D eigenvalue weighted by atomic mass is 35.5. The summed E-state index contributed by atoms with van der Waals surface area (Å²) in [6.07, 6.45) is 10.9. The highest BCUT2D eigenvalue weighted by Crippen LogP contribution is 2.46. The lowest BCUT2D eigenvalue weighted by atomic mass is 10.1. The number of benzene rings is 3. The summed E-state index contributed by atoms with van der Waals surface area (Å²) in [4.78, 5) is 64.3. The monoisotopic (exact) mass is 1860 g/mol. The molecule has 700 valence electrons. The summed E-state index contributed by atoms with van der Waals surface area (Å²) in [7, 11) is 15.2. The lowest BCUT2D eigenvalue weighted by molar-refractivity contribution is -0.0310. The zero-order valence-electron chi connectivity index (χ0n) is 77.6. The number of aromatic nitrogens is 22. The van der Waals surface area contributed by atoms with E-state index >= 15 is 0 Å². The molecule has 3 aromatic carbocycles. The molecule has 11 aromatic heterocycles. The van der Waals surface area contributed by atoms with Gasteiger partial charge in [-0.3, -0.25) is 19.1 Å². The fourth-order valence-electron chi connectivity index (χ4n) is 17.8. The fraction of sp³-hybridized carbons (Fsp3) is 0.394. The number of aryl methyl sites for hydroxylation is 5. The maximum absolute atomic E-state index is 7.88. The Labute approximate surface area is 789 Å². The minimum absolute atomic E-state index is 0.0897. The second kappa shape index (κ2) is 41.6. The molecule has 0 radical (unpaired) electrons. The third-order valence-corrected chi connectivity index (χ3v) is 24.5. The van der Waals surface area contributed by atoms with Gasteiger partial charge in [0.05, 0.1) is 159 Å². The molecular weight excluding hydrogens is 1750 g/mol. The standard InChI is InChI=1S/C33H37N11O3.C29H30N10O2.C21H23ClN8O2.C11H14N4O/c1-20-35-29-26(38-25-10-8-9-24(30(25)46-5)31-39-41-42(3)40-31)18-22(37-33(29)44(20)28-11-6-7-16-47-28)17-21-12-13-27(32(34-2)36-21)43-15-14-23(19-43)45-4;1-17-13-23-26(31-17)24(34-22-8-6-7-21(27(22)41-5)28-35-37-38(3)36-28)15-19(32-23)14-18-9-10-25(29(30-2)33-18)39-12-11-20(16-39)40-4;1-12-23-18-15(11-16(22)25-21(18)30(12)17-9-4-5-10-32-17)24-14-8-6-7-13(19(14)31-3)20-26-28-29(2)27-20;1-13-11-9(3-4-10(12)14-11)15-6-5-8(7-15)16-2/h8-10,12-13,18,23,28H,6-7,11,14-17,19H2,1,3-5H3,(H,37,38);6-10,15,20H,11-14,16H2,1,3-5H3,(H,32,34);6-8,11,17H,4-5,9-10H2,1-3H3,(H,24,25);3-4,8H,5-7H2,2H3,(H2,12,14)/t23-,28?;20-;;8-/m00.0/s1. The number of para-hydroxylation sites is 3. The molecule has 14 aromatic rings. The van der Waals surface area contributed by atoms with E-state index in [2.05, 4.69) is 106 Å². The van der Waals surface area contributed by atoms with Crippen LogP contribution in [0.25, 0.3) is 71.0 Å². The zero-order valence-corrected chi connectivity index (χ0v) is 78.4. The van der Waals surface area contributed by atoms with Crippen LogP contribution in [-0.4, -0.2) is 229 Å². The highest BCUT2D eigenvalue weighted by Gasteiger charge is 2.33. The van der Waals surface area contributed by atoms with Gasteiger partial charge in [-0.1, -0.05) is 49.5 Å². The summed E-state index contributed by atoms with van der Waals surface area (Å²) < 4.78 is 50.0. The number of ether oxygens (including phenoxy) is 8. The minimum atomic E-state index is -0.146. The van der Waals surface area contributed by atoms with Crippen LogP contribution in [0.15, 0.2) is 114 Å². The molecule has 0 bridgehead atoms. The third-order valence-electron chi connectivity index (χ3n) is 24.3. The lowest BCUT2D eigenvalue weighted by Crippen LogP contribution is -2.22. The topological polar surface area (TPSA) is 415 Å². The molecule has 6 aliphatic heterocycles. The number of nitrogens with two attached hydrogens (primary N) is 1. The molecule has 136 heavy (non-hydrogen) atoms. The number of pyridine rings is 6. The molecule has 5 fully saturated rings. The number of halogens is 1. The van der Waals surface area contributed by atoms with Crippen molar-refractivity contribution in [3.63, 3.8) is 0 Å². The van der Waals surface area contributed by atoms with E-state index in [9.17, 15) is 0 Å². The van der Waals surface area contributed by atoms with E-state index in [0.717, 1.165) is 229 Å². The van der Waals surface area contributed by atoms with Crippen molar-refractivity contribution in [2.45, 2.75) is 129 Å². The number of fused-ring (bicyclic) bond motifs is 3.